The van der Waals surface area contributed by atoms with Crippen LogP contribution in [0.1, 0.15) is 42.7 Å². The van der Waals surface area contributed by atoms with Crippen LogP contribution in [0.2, 0.25) is 0 Å². The maximum atomic E-state index is 9.35. The van der Waals surface area contributed by atoms with E-state index in [1.165, 1.54) is 18.4 Å². The van der Waals surface area contributed by atoms with Crippen molar-refractivity contribution in [2.24, 2.45) is 5.92 Å². The molecule has 1 aliphatic carbocycles. The highest BCUT2D eigenvalue weighted by Gasteiger charge is 2.23. The molecule has 0 spiro atoms. The number of anilines is 1. The van der Waals surface area contributed by atoms with E-state index in [9.17, 15) is 5.26 Å². The Morgan fingerprint density at radius 1 is 1.10 bits per heavy atom. The van der Waals surface area contributed by atoms with Crippen molar-refractivity contribution in [3.63, 3.8) is 0 Å². The average Bonchev–Trinajstić information content (AvgIpc) is 3.32. The number of benzene rings is 2. The fourth-order valence-electron chi connectivity index (χ4n) is 4.30. The summed E-state index contributed by atoms with van der Waals surface area (Å²) in [4.78, 5) is 5.37. The molecule has 0 radical (unpaired) electrons. The second-order valence-corrected chi connectivity index (χ2v) is 8.94. The van der Waals surface area contributed by atoms with Gasteiger partial charge in [0.15, 0.2) is 0 Å². The Bertz CT molecular complexity index is 1060. The number of hydrogen-bond acceptors (Lipinski definition) is 6. The normalized spacial score (nSPS) is 18.2. The van der Waals surface area contributed by atoms with Crippen molar-refractivity contribution in [2.45, 2.75) is 31.6 Å². The Morgan fingerprint density at radius 3 is 2.65 bits per heavy atom. The van der Waals surface area contributed by atoms with Crippen LogP contribution in [0.5, 0.6) is 10.9 Å². The lowest BCUT2D eigenvalue weighted by molar-refractivity contribution is 0.338. The third kappa shape index (κ3) is 5.00. The van der Waals surface area contributed by atoms with Crippen molar-refractivity contribution < 1.29 is 9.47 Å². The summed E-state index contributed by atoms with van der Waals surface area (Å²) in [5.74, 6) is 1.85. The standard InChI is InChI=1S/C25H27N3O2S/c1-29-23-11-10-19(12-21(23)14-26)18-8-6-17(7-9-18)15-27-22-5-3-4-20(13-22)24-16-28-25(30-2)31-24/h3-5,10-13,16-18,27H,6-9,15H2,1-2H3. The van der Waals surface area contributed by atoms with Crippen LogP contribution in [0.4, 0.5) is 5.69 Å². The largest absolute Gasteiger partial charge is 0.495 e. The molecule has 0 amide bonds. The molecule has 1 saturated carbocycles. The minimum Gasteiger partial charge on any atom is -0.495 e. The summed E-state index contributed by atoms with van der Waals surface area (Å²) in [6.45, 7) is 0.980. The van der Waals surface area contributed by atoms with E-state index in [2.05, 4.69) is 46.7 Å². The Kier molecular flexibility index (Phi) is 6.73. The zero-order valence-electron chi connectivity index (χ0n) is 17.9. The van der Waals surface area contributed by atoms with Crippen LogP contribution < -0.4 is 14.8 Å². The fraction of sp³-hybridized carbons (Fsp3) is 0.360. The molecule has 160 valence electrons. The first kappa shape index (κ1) is 21.2. The molecule has 31 heavy (non-hydrogen) atoms. The first-order valence-electron chi connectivity index (χ1n) is 10.6. The van der Waals surface area contributed by atoms with Gasteiger partial charge in [-0.3, -0.25) is 0 Å². The number of aromatic nitrogens is 1. The van der Waals surface area contributed by atoms with E-state index in [4.69, 9.17) is 9.47 Å². The SMILES string of the molecule is COc1ncc(-c2cccc(NCC3CCC(c4ccc(OC)c(C#N)c4)CC3)c2)s1. The molecule has 0 unspecified atom stereocenters. The monoisotopic (exact) mass is 433 g/mol. The zero-order chi connectivity index (χ0) is 21.6. The van der Waals surface area contributed by atoms with Gasteiger partial charge in [0.25, 0.3) is 5.19 Å². The summed E-state index contributed by atoms with van der Waals surface area (Å²) in [6.07, 6.45) is 6.56. The molecule has 4 rings (SSSR count). The summed E-state index contributed by atoms with van der Waals surface area (Å²) >= 11 is 1.55. The molecule has 0 saturated heterocycles. The summed E-state index contributed by atoms with van der Waals surface area (Å²) in [6, 6.07) is 16.8. The third-order valence-electron chi connectivity index (χ3n) is 6.06. The number of nitriles is 1. The first-order valence-corrected chi connectivity index (χ1v) is 11.4. The van der Waals surface area contributed by atoms with Gasteiger partial charge in [-0.05, 0) is 72.9 Å². The van der Waals surface area contributed by atoms with E-state index in [0.717, 1.165) is 35.5 Å². The van der Waals surface area contributed by atoms with Gasteiger partial charge in [-0.2, -0.15) is 5.26 Å². The van der Waals surface area contributed by atoms with E-state index >= 15 is 0 Å². The Labute approximate surface area is 187 Å². The maximum absolute atomic E-state index is 9.35. The highest BCUT2D eigenvalue weighted by Crippen LogP contribution is 2.37. The van der Waals surface area contributed by atoms with Crippen LogP contribution in [0.15, 0.2) is 48.7 Å². The van der Waals surface area contributed by atoms with Gasteiger partial charge in [0.1, 0.15) is 11.8 Å². The summed E-state index contributed by atoms with van der Waals surface area (Å²) in [5, 5.41) is 13.7. The molecule has 1 heterocycles. The van der Waals surface area contributed by atoms with Crippen LogP contribution >= 0.6 is 11.3 Å². The first-order chi connectivity index (χ1) is 15.2. The van der Waals surface area contributed by atoms with E-state index in [-0.39, 0.29) is 0 Å². The Morgan fingerprint density at radius 2 is 1.94 bits per heavy atom. The fourth-order valence-corrected chi connectivity index (χ4v) is 5.02. The lowest BCUT2D eigenvalue weighted by atomic mass is 9.78. The topological polar surface area (TPSA) is 67.2 Å². The second-order valence-electron chi connectivity index (χ2n) is 7.95. The quantitative estimate of drug-likeness (QED) is 0.489. The number of nitrogens with one attached hydrogen (secondary N) is 1. The molecule has 0 aliphatic heterocycles. The van der Waals surface area contributed by atoms with Crippen molar-refractivity contribution in [1.82, 2.24) is 4.98 Å². The predicted molar refractivity (Wildman–Crippen MR) is 125 cm³/mol. The predicted octanol–water partition coefficient (Wildman–Crippen LogP) is 6.08. The summed E-state index contributed by atoms with van der Waals surface area (Å²) in [5.41, 5.74) is 4.18. The van der Waals surface area contributed by atoms with E-state index in [0.29, 0.717) is 28.3 Å². The molecule has 1 aromatic heterocycles. The Balaban J connectivity index is 1.32. The van der Waals surface area contributed by atoms with E-state index in [1.807, 2.05) is 18.3 Å². The molecule has 5 nitrogen and oxygen atoms in total. The van der Waals surface area contributed by atoms with Crippen LogP contribution in [0.25, 0.3) is 10.4 Å². The molecule has 1 fully saturated rings. The average molecular weight is 434 g/mol. The van der Waals surface area contributed by atoms with Gasteiger partial charge in [0.05, 0.1) is 24.7 Å². The number of thiazole rings is 1. The molecule has 0 atom stereocenters. The van der Waals surface area contributed by atoms with E-state index < -0.39 is 0 Å². The van der Waals surface area contributed by atoms with Crippen molar-refractivity contribution in [3.05, 3.63) is 59.8 Å². The minimum atomic E-state index is 0.527. The molecule has 0 bridgehead atoms. The van der Waals surface area contributed by atoms with Gasteiger partial charge in [0, 0.05) is 18.4 Å². The smallest absolute Gasteiger partial charge is 0.273 e. The van der Waals surface area contributed by atoms with Crippen LogP contribution in [0.3, 0.4) is 0 Å². The highest BCUT2D eigenvalue weighted by molar-refractivity contribution is 7.16. The minimum absolute atomic E-state index is 0.527. The van der Waals surface area contributed by atoms with Gasteiger partial charge in [-0.1, -0.05) is 29.5 Å². The van der Waals surface area contributed by atoms with Gasteiger partial charge in [-0.15, -0.1) is 0 Å². The molecule has 1 N–H and O–H groups in total. The maximum Gasteiger partial charge on any atom is 0.273 e. The molecular weight excluding hydrogens is 406 g/mol. The lowest BCUT2D eigenvalue weighted by Gasteiger charge is -2.29. The second kappa shape index (κ2) is 9.84. The lowest BCUT2D eigenvalue weighted by Crippen LogP contribution is -2.20. The number of nitrogens with zero attached hydrogens (tertiary/aromatic N) is 2. The zero-order valence-corrected chi connectivity index (χ0v) is 18.7. The molecule has 3 aromatic rings. The van der Waals surface area contributed by atoms with Crippen molar-refractivity contribution in [3.8, 4) is 27.5 Å². The van der Waals surface area contributed by atoms with Crippen LogP contribution in [0, 0.1) is 17.2 Å². The summed E-state index contributed by atoms with van der Waals surface area (Å²) < 4.78 is 10.5. The van der Waals surface area contributed by atoms with Crippen LogP contribution in [-0.2, 0) is 0 Å². The van der Waals surface area contributed by atoms with Gasteiger partial charge < -0.3 is 14.8 Å². The third-order valence-corrected chi connectivity index (χ3v) is 7.07. The molecule has 2 aromatic carbocycles. The number of methoxy groups -OCH3 is 2. The van der Waals surface area contributed by atoms with Gasteiger partial charge >= 0.3 is 0 Å². The number of ether oxygens (including phenoxy) is 2. The van der Waals surface area contributed by atoms with Crippen molar-refractivity contribution in [1.29, 1.82) is 5.26 Å². The highest BCUT2D eigenvalue weighted by atomic mass is 32.1. The number of hydrogen-bond donors (Lipinski definition) is 1. The van der Waals surface area contributed by atoms with Crippen LogP contribution in [-0.4, -0.2) is 25.7 Å². The van der Waals surface area contributed by atoms with Crippen molar-refractivity contribution in [2.75, 3.05) is 26.1 Å². The molecular formula is C25H27N3O2S. The Hall–Kier alpha value is -3.04. The molecule has 6 heteroatoms. The van der Waals surface area contributed by atoms with Crippen molar-refractivity contribution >= 4 is 17.0 Å². The van der Waals surface area contributed by atoms with Gasteiger partial charge in [-0.25, -0.2) is 4.98 Å². The summed E-state index contributed by atoms with van der Waals surface area (Å²) in [7, 11) is 3.25. The van der Waals surface area contributed by atoms with E-state index in [1.54, 1.807) is 25.6 Å². The molecule has 1 aliphatic rings. The van der Waals surface area contributed by atoms with Gasteiger partial charge in [0.2, 0.25) is 0 Å². The number of rotatable bonds is 7.